The molecule has 1 nitrogen and oxygen atoms in total. The zero-order valence-electron chi connectivity index (χ0n) is 5.56. The van der Waals surface area contributed by atoms with Crippen molar-refractivity contribution in [3.8, 4) is 0 Å². The SMILES string of the molecule is C1=CSSC1.O=c1sccs1. The molecule has 0 aliphatic carbocycles. The smallest absolute Gasteiger partial charge is 0.265 e. The average Bonchev–Trinajstić information content (AvgIpc) is 2.57. The lowest BCUT2D eigenvalue weighted by atomic mass is 10.8. The van der Waals surface area contributed by atoms with E-state index < -0.39 is 0 Å². The minimum atomic E-state index is 0.176. The summed E-state index contributed by atoms with van der Waals surface area (Å²) in [7, 11) is 3.69. The number of hydrogen-bond donors (Lipinski definition) is 0. The molecule has 0 atom stereocenters. The van der Waals surface area contributed by atoms with Crippen LogP contribution in [-0.2, 0) is 0 Å². The van der Waals surface area contributed by atoms with Gasteiger partial charge in [0.15, 0.2) is 0 Å². The Morgan fingerprint density at radius 3 is 2.18 bits per heavy atom. The van der Waals surface area contributed by atoms with Gasteiger partial charge in [0, 0.05) is 16.5 Å². The lowest BCUT2D eigenvalue weighted by Crippen LogP contribution is -1.72. The Hall–Kier alpha value is 0.290. The molecule has 0 saturated carbocycles. The molecule has 0 N–H and O–H groups in total. The Morgan fingerprint density at radius 1 is 1.27 bits per heavy atom. The van der Waals surface area contributed by atoms with Crippen LogP contribution in [0.25, 0.3) is 0 Å². The van der Waals surface area contributed by atoms with Gasteiger partial charge in [-0.25, -0.2) is 0 Å². The molecule has 0 bridgehead atoms. The molecular weight excluding hydrogens is 216 g/mol. The van der Waals surface area contributed by atoms with Crippen LogP contribution >= 0.6 is 44.3 Å². The van der Waals surface area contributed by atoms with Crippen LogP contribution in [0.1, 0.15) is 0 Å². The van der Waals surface area contributed by atoms with Crippen LogP contribution in [0.2, 0.25) is 0 Å². The first-order valence-electron chi connectivity index (χ1n) is 2.85. The first-order valence-corrected chi connectivity index (χ1v) is 6.99. The van der Waals surface area contributed by atoms with E-state index in [1.807, 2.05) is 21.6 Å². The minimum absolute atomic E-state index is 0.176. The van der Waals surface area contributed by atoms with Crippen molar-refractivity contribution in [2.24, 2.45) is 0 Å². The summed E-state index contributed by atoms with van der Waals surface area (Å²) in [4.78, 5) is 10.1. The molecule has 0 unspecified atom stereocenters. The molecule has 5 heteroatoms. The van der Waals surface area contributed by atoms with Gasteiger partial charge in [-0.15, -0.1) is 0 Å². The van der Waals surface area contributed by atoms with Gasteiger partial charge in [-0.05, 0) is 5.41 Å². The average molecular weight is 222 g/mol. The Balaban J connectivity index is 0.000000112. The van der Waals surface area contributed by atoms with E-state index in [0.717, 1.165) is 0 Å². The maximum atomic E-state index is 10.1. The van der Waals surface area contributed by atoms with Gasteiger partial charge in [0.05, 0.1) is 0 Å². The van der Waals surface area contributed by atoms with Crippen molar-refractivity contribution >= 4 is 44.3 Å². The molecule has 2 heterocycles. The highest BCUT2D eigenvalue weighted by Crippen LogP contribution is 2.27. The quantitative estimate of drug-likeness (QED) is 0.628. The van der Waals surface area contributed by atoms with Gasteiger partial charge < -0.3 is 0 Å². The van der Waals surface area contributed by atoms with Crippen molar-refractivity contribution in [2.45, 2.75) is 0 Å². The van der Waals surface area contributed by atoms with Crippen LogP contribution in [0, 0.1) is 0 Å². The highest BCUT2D eigenvalue weighted by molar-refractivity contribution is 8.78. The van der Waals surface area contributed by atoms with Crippen molar-refractivity contribution in [3.63, 3.8) is 0 Å². The van der Waals surface area contributed by atoms with Gasteiger partial charge in [0.1, 0.15) is 0 Å². The third kappa shape index (κ3) is 4.68. The molecule has 1 aliphatic heterocycles. The monoisotopic (exact) mass is 222 g/mol. The van der Waals surface area contributed by atoms with E-state index in [-0.39, 0.29) is 4.06 Å². The van der Waals surface area contributed by atoms with E-state index >= 15 is 0 Å². The molecule has 1 aromatic rings. The number of hydrogen-bond acceptors (Lipinski definition) is 5. The largest absolute Gasteiger partial charge is 0.287 e. The normalized spacial score (nSPS) is 14.2. The molecule has 0 amide bonds. The molecule has 0 spiro atoms. The second kappa shape index (κ2) is 5.88. The molecule has 2 rings (SSSR count). The summed E-state index contributed by atoms with van der Waals surface area (Å²) in [6.45, 7) is 0. The summed E-state index contributed by atoms with van der Waals surface area (Å²) in [6, 6.07) is 0. The van der Waals surface area contributed by atoms with Crippen LogP contribution in [0.4, 0.5) is 0 Å². The van der Waals surface area contributed by atoms with Gasteiger partial charge in [0.2, 0.25) is 0 Å². The highest BCUT2D eigenvalue weighted by Gasteiger charge is 1.85. The van der Waals surface area contributed by atoms with Crippen LogP contribution in [0.3, 0.4) is 0 Å². The highest BCUT2D eigenvalue weighted by atomic mass is 33.1. The minimum Gasteiger partial charge on any atom is -0.265 e. The van der Waals surface area contributed by atoms with E-state index in [9.17, 15) is 4.79 Å². The summed E-state index contributed by atoms with van der Waals surface area (Å²) in [5.74, 6) is 1.20. The Labute approximate surface area is 80.9 Å². The molecule has 0 aromatic carbocycles. The fourth-order valence-electron chi connectivity index (χ4n) is 0.391. The first-order chi connectivity index (χ1) is 5.39. The summed E-state index contributed by atoms with van der Waals surface area (Å²) in [5, 5.41) is 5.69. The fraction of sp³-hybridized carbons (Fsp3) is 0.167. The maximum absolute atomic E-state index is 10.1. The van der Waals surface area contributed by atoms with Crippen molar-refractivity contribution in [3.05, 3.63) is 31.1 Å². The predicted octanol–water partition coefficient (Wildman–Crippen LogP) is 3.06. The zero-order valence-corrected chi connectivity index (χ0v) is 8.82. The van der Waals surface area contributed by atoms with Crippen molar-refractivity contribution in [2.75, 3.05) is 5.75 Å². The summed E-state index contributed by atoms with van der Waals surface area (Å²) >= 11 is 2.48. The van der Waals surface area contributed by atoms with Gasteiger partial charge >= 0.3 is 0 Å². The Kier molecular flexibility index (Phi) is 5.01. The topological polar surface area (TPSA) is 17.1 Å². The Morgan fingerprint density at radius 2 is 2.00 bits per heavy atom. The molecule has 0 fully saturated rings. The second-order valence-electron chi connectivity index (χ2n) is 1.51. The van der Waals surface area contributed by atoms with E-state index in [0.29, 0.717) is 0 Å². The van der Waals surface area contributed by atoms with Crippen LogP contribution in [-0.4, -0.2) is 5.75 Å². The fourth-order valence-corrected chi connectivity index (χ4v) is 3.18. The van der Waals surface area contributed by atoms with E-state index in [4.69, 9.17) is 0 Å². The van der Waals surface area contributed by atoms with Crippen LogP contribution in [0.15, 0.2) is 27.0 Å². The molecule has 60 valence electrons. The van der Waals surface area contributed by atoms with Crippen LogP contribution in [0.5, 0.6) is 0 Å². The van der Waals surface area contributed by atoms with Crippen molar-refractivity contribution < 1.29 is 0 Å². The van der Waals surface area contributed by atoms with E-state index in [2.05, 4.69) is 11.5 Å². The van der Waals surface area contributed by atoms with E-state index in [1.54, 1.807) is 10.8 Å². The third-order valence-electron chi connectivity index (χ3n) is 0.768. The van der Waals surface area contributed by atoms with Crippen molar-refractivity contribution in [1.29, 1.82) is 0 Å². The second-order valence-corrected chi connectivity index (χ2v) is 5.84. The molecular formula is C6H6OS4. The van der Waals surface area contributed by atoms with E-state index in [1.165, 1.54) is 28.4 Å². The molecule has 0 radical (unpaired) electrons. The van der Waals surface area contributed by atoms with Gasteiger partial charge in [0.25, 0.3) is 4.06 Å². The number of rotatable bonds is 0. The summed E-state index contributed by atoms with van der Waals surface area (Å²) in [5.41, 5.74) is 0. The lowest BCUT2D eigenvalue weighted by Gasteiger charge is -1.69. The molecule has 0 saturated heterocycles. The van der Waals surface area contributed by atoms with Gasteiger partial charge in [-0.1, -0.05) is 50.3 Å². The van der Waals surface area contributed by atoms with Gasteiger partial charge in [-0.2, -0.15) is 0 Å². The zero-order chi connectivity index (χ0) is 7.94. The first kappa shape index (κ1) is 9.38. The lowest BCUT2D eigenvalue weighted by molar-refractivity contribution is 1.85. The van der Waals surface area contributed by atoms with Gasteiger partial charge in [-0.3, -0.25) is 4.79 Å². The maximum Gasteiger partial charge on any atom is 0.287 e. The molecule has 1 aliphatic rings. The third-order valence-corrected chi connectivity index (χ3v) is 4.37. The van der Waals surface area contributed by atoms with Crippen LogP contribution < -0.4 is 4.06 Å². The van der Waals surface area contributed by atoms with Crippen molar-refractivity contribution in [1.82, 2.24) is 0 Å². The summed E-state index contributed by atoms with van der Waals surface area (Å²) in [6.07, 6.45) is 2.16. The molecule has 11 heavy (non-hydrogen) atoms. The Bertz CT molecular complexity index is 239. The predicted molar refractivity (Wildman–Crippen MR) is 57.7 cm³/mol. The standard InChI is InChI=1S/C3H2OS2.C3H4S2/c4-3-5-1-2-6-3;1-2-4-5-3-1/h1-2H;1-2H,3H2. The molecule has 1 aromatic heterocycles. The summed E-state index contributed by atoms with van der Waals surface area (Å²) < 4.78 is 0.176.